The van der Waals surface area contributed by atoms with Crippen molar-refractivity contribution >= 4 is 17.8 Å². The van der Waals surface area contributed by atoms with Crippen molar-refractivity contribution in [2.45, 2.75) is 110 Å². The van der Waals surface area contributed by atoms with Gasteiger partial charge in [-0.2, -0.15) is 15.0 Å². The summed E-state index contributed by atoms with van der Waals surface area (Å²) >= 11 is 0. The number of methoxy groups -OCH3 is 5. The average molecular weight is 629 g/mol. The molecule has 258 valence electrons. The summed E-state index contributed by atoms with van der Waals surface area (Å²) in [6, 6.07) is 0. The molecule has 0 unspecified atom stereocenters. The summed E-state index contributed by atoms with van der Waals surface area (Å²) in [5.74, 6) is 1.20. The van der Waals surface area contributed by atoms with Crippen LogP contribution in [0, 0.1) is 0 Å². The second kappa shape index (κ2) is 28.6. The number of unbranched alkanes of at least 4 members (excludes halogenated alkanes) is 15. The predicted octanol–water partition coefficient (Wildman–Crippen LogP) is 6.55. The second-order valence-electron chi connectivity index (χ2n) is 11.3. The molecule has 0 bridgehead atoms. The molecule has 0 atom stereocenters. The van der Waals surface area contributed by atoms with E-state index < -0.39 is 0 Å². The Bertz CT molecular complexity index is 734. The molecule has 44 heavy (non-hydrogen) atoms. The van der Waals surface area contributed by atoms with Gasteiger partial charge < -0.3 is 28.4 Å². The Kier molecular flexibility index (Phi) is 26.2. The van der Waals surface area contributed by atoms with Crippen LogP contribution in [0.15, 0.2) is 0 Å². The molecule has 12 heteroatoms. The molecule has 1 rings (SSSR count). The maximum absolute atomic E-state index is 6.03. The van der Waals surface area contributed by atoms with Crippen molar-refractivity contribution in [3.05, 3.63) is 0 Å². The second-order valence-corrected chi connectivity index (χ2v) is 11.3. The lowest BCUT2D eigenvalue weighted by Crippen LogP contribution is -2.36. The van der Waals surface area contributed by atoms with Gasteiger partial charge in [-0.15, -0.1) is 0 Å². The fourth-order valence-corrected chi connectivity index (χ4v) is 4.93. The SMILES string of the molecule is CCCCCCCCCCCCCCCCCCOCN(COC)c1nc(N(COC)COC)nc(N(COC)COC)n1. The summed E-state index contributed by atoms with van der Waals surface area (Å²) in [5, 5.41) is 0. The standard InChI is InChI=1S/C32H64N6O6/c1-7-8-9-10-11-12-13-14-15-16-17-18-19-20-21-22-23-44-29-38(28-43-6)32-34-30(36(24-39-2)25-40-3)33-31(35-32)37(26-41-4)27-42-5/h7-29H2,1-6H3. The first-order valence-corrected chi connectivity index (χ1v) is 16.7. The van der Waals surface area contributed by atoms with Crippen LogP contribution >= 0.6 is 0 Å². The van der Waals surface area contributed by atoms with Gasteiger partial charge >= 0.3 is 0 Å². The van der Waals surface area contributed by atoms with Crippen molar-refractivity contribution in [2.75, 3.05) is 97.2 Å². The quantitative estimate of drug-likeness (QED) is 0.0639. The number of rotatable bonds is 32. The molecule has 0 aliphatic rings. The fraction of sp³-hybridized carbons (Fsp3) is 0.906. The van der Waals surface area contributed by atoms with Gasteiger partial charge in [0.05, 0.1) is 0 Å². The van der Waals surface area contributed by atoms with Crippen LogP contribution in [0.2, 0.25) is 0 Å². The largest absolute Gasteiger partial charge is 0.364 e. The van der Waals surface area contributed by atoms with E-state index in [2.05, 4.69) is 11.9 Å². The number of nitrogens with zero attached hydrogens (tertiary/aromatic N) is 6. The molecule has 0 amide bonds. The molecule has 1 heterocycles. The fourth-order valence-electron chi connectivity index (χ4n) is 4.93. The van der Waals surface area contributed by atoms with Crippen LogP contribution in [-0.4, -0.2) is 97.5 Å². The van der Waals surface area contributed by atoms with E-state index in [9.17, 15) is 0 Å². The first-order chi connectivity index (χ1) is 21.6. The van der Waals surface area contributed by atoms with Crippen molar-refractivity contribution in [1.29, 1.82) is 0 Å². The van der Waals surface area contributed by atoms with Crippen LogP contribution < -0.4 is 14.7 Å². The van der Waals surface area contributed by atoms with Crippen molar-refractivity contribution in [1.82, 2.24) is 15.0 Å². The van der Waals surface area contributed by atoms with Gasteiger partial charge in [0.2, 0.25) is 17.8 Å². The molecule has 0 spiro atoms. The van der Waals surface area contributed by atoms with E-state index in [1.54, 1.807) is 45.3 Å². The molecule has 0 radical (unpaired) electrons. The van der Waals surface area contributed by atoms with Gasteiger partial charge in [-0.1, -0.05) is 103 Å². The Labute approximate surface area is 268 Å². The first kappa shape index (κ1) is 40.2. The van der Waals surface area contributed by atoms with E-state index in [-0.39, 0.29) is 33.7 Å². The minimum atomic E-state index is 0.241. The van der Waals surface area contributed by atoms with Crippen molar-refractivity contribution in [2.24, 2.45) is 0 Å². The summed E-state index contributed by atoms with van der Waals surface area (Å²) in [4.78, 5) is 19.4. The van der Waals surface area contributed by atoms with Crippen molar-refractivity contribution < 1.29 is 28.4 Å². The van der Waals surface area contributed by atoms with Crippen LogP contribution in [0.4, 0.5) is 17.8 Å². The zero-order valence-electron chi connectivity index (χ0n) is 28.9. The number of hydrogen-bond donors (Lipinski definition) is 0. The van der Waals surface area contributed by atoms with Crippen molar-refractivity contribution in [3.63, 3.8) is 0 Å². The monoisotopic (exact) mass is 628 g/mol. The molecular formula is C32H64N6O6. The minimum Gasteiger partial charge on any atom is -0.364 e. The minimum absolute atomic E-state index is 0.241. The Hall–Kier alpha value is -1.83. The predicted molar refractivity (Wildman–Crippen MR) is 177 cm³/mol. The van der Waals surface area contributed by atoms with E-state index >= 15 is 0 Å². The maximum Gasteiger partial charge on any atom is 0.235 e. The maximum atomic E-state index is 6.03. The molecular weight excluding hydrogens is 564 g/mol. The van der Waals surface area contributed by atoms with E-state index in [4.69, 9.17) is 38.4 Å². The summed E-state index contributed by atoms with van der Waals surface area (Å²) < 4.78 is 32.9. The van der Waals surface area contributed by atoms with E-state index in [1.165, 1.54) is 96.3 Å². The number of ether oxygens (including phenoxy) is 6. The third-order valence-electron chi connectivity index (χ3n) is 7.26. The summed E-state index contributed by atoms with van der Waals surface area (Å²) in [7, 11) is 8.07. The third kappa shape index (κ3) is 18.9. The van der Waals surface area contributed by atoms with Crippen LogP contribution in [0.5, 0.6) is 0 Å². The lowest BCUT2D eigenvalue weighted by Gasteiger charge is -2.27. The molecule has 0 aromatic carbocycles. The van der Waals surface area contributed by atoms with Gasteiger partial charge in [0.15, 0.2) is 0 Å². The van der Waals surface area contributed by atoms with Crippen LogP contribution in [-0.2, 0) is 28.4 Å². The van der Waals surface area contributed by atoms with E-state index in [0.29, 0.717) is 31.2 Å². The molecule has 0 fully saturated rings. The third-order valence-corrected chi connectivity index (χ3v) is 7.26. The highest BCUT2D eigenvalue weighted by Crippen LogP contribution is 2.20. The topological polar surface area (TPSA) is 104 Å². The Morgan fingerprint density at radius 1 is 0.386 bits per heavy atom. The highest BCUT2D eigenvalue weighted by Gasteiger charge is 2.21. The first-order valence-electron chi connectivity index (χ1n) is 16.7. The average Bonchev–Trinajstić information content (AvgIpc) is 3.03. The van der Waals surface area contributed by atoms with Crippen molar-refractivity contribution in [3.8, 4) is 0 Å². The zero-order valence-corrected chi connectivity index (χ0v) is 28.9. The van der Waals surface area contributed by atoms with Gasteiger partial charge in [-0.25, -0.2) is 0 Å². The van der Waals surface area contributed by atoms with Crippen LogP contribution in [0.1, 0.15) is 110 Å². The smallest absolute Gasteiger partial charge is 0.235 e. The van der Waals surface area contributed by atoms with Gasteiger partial charge in [-0.3, -0.25) is 14.7 Å². The van der Waals surface area contributed by atoms with Gasteiger partial charge in [0.25, 0.3) is 0 Å². The Morgan fingerprint density at radius 3 is 0.955 bits per heavy atom. The molecule has 0 aliphatic carbocycles. The molecule has 0 N–H and O–H groups in total. The molecule has 12 nitrogen and oxygen atoms in total. The summed E-state index contributed by atoms with van der Waals surface area (Å²) in [6.07, 6.45) is 21.5. The molecule has 0 saturated carbocycles. The van der Waals surface area contributed by atoms with Gasteiger partial charge in [0.1, 0.15) is 40.4 Å². The lowest BCUT2D eigenvalue weighted by molar-refractivity contribution is 0.100. The lowest BCUT2D eigenvalue weighted by atomic mass is 10.0. The normalized spacial score (nSPS) is 11.3. The summed E-state index contributed by atoms with van der Waals surface area (Å²) in [5.41, 5.74) is 0. The zero-order chi connectivity index (χ0) is 32.1. The van der Waals surface area contributed by atoms with Crippen LogP contribution in [0.3, 0.4) is 0 Å². The van der Waals surface area contributed by atoms with Gasteiger partial charge in [-0.05, 0) is 6.42 Å². The number of hydrogen-bond acceptors (Lipinski definition) is 12. The number of anilines is 3. The van der Waals surface area contributed by atoms with Gasteiger partial charge in [0, 0.05) is 42.2 Å². The highest BCUT2D eigenvalue weighted by molar-refractivity contribution is 5.45. The Morgan fingerprint density at radius 2 is 0.659 bits per heavy atom. The molecule has 0 aliphatic heterocycles. The Balaban J connectivity index is 2.47. The molecule has 1 aromatic rings. The molecule has 1 aromatic heterocycles. The van der Waals surface area contributed by atoms with Crippen LogP contribution in [0.25, 0.3) is 0 Å². The van der Waals surface area contributed by atoms with E-state index in [1.807, 2.05) is 4.90 Å². The summed E-state index contributed by atoms with van der Waals surface area (Å²) in [6.45, 7) is 4.46. The van der Waals surface area contributed by atoms with E-state index in [0.717, 1.165) is 6.42 Å². The highest BCUT2D eigenvalue weighted by atomic mass is 16.5. The number of aromatic nitrogens is 3. The molecule has 0 saturated heterocycles.